The summed E-state index contributed by atoms with van der Waals surface area (Å²) in [6.45, 7) is 0. The molecule has 2 rings (SSSR count). The van der Waals surface area contributed by atoms with Crippen molar-refractivity contribution in [3.05, 3.63) is 40.9 Å². The highest BCUT2D eigenvalue weighted by Crippen LogP contribution is 2.28. The van der Waals surface area contributed by atoms with Gasteiger partial charge in [0.25, 0.3) is 0 Å². The van der Waals surface area contributed by atoms with E-state index in [4.69, 9.17) is 0 Å². The lowest BCUT2D eigenvalue weighted by Gasteiger charge is -1.99. The van der Waals surface area contributed by atoms with Crippen LogP contribution in [0.1, 0.15) is 9.67 Å². The predicted octanol–water partition coefficient (Wildman–Crippen LogP) is 2.90. The molecule has 0 aliphatic heterocycles. The lowest BCUT2D eigenvalue weighted by atomic mass is 10.2. The third kappa shape index (κ3) is 1.78. The lowest BCUT2D eigenvalue weighted by molar-refractivity contribution is 0.112. The van der Waals surface area contributed by atoms with Gasteiger partial charge in [0.1, 0.15) is 16.6 Å². The quantitative estimate of drug-likeness (QED) is 0.735. The lowest BCUT2D eigenvalue weighted by Crippen LogP contribution is -1.87. The van der Waals surface area contributed by atoms with E-state index in [1.807, 2.05) is 0 Å². The molecule has 76 valence electrons. The maximum Gasteiger partial charge on any atom is 0.161 e. The second-order valence-electron chi connectivity index (χ2n) is 2.78. The molecule has 5 heteroatoms. The first-order chi connectivity index (χ1) is 7.22. The predicted molar refractivity (Wildman–Crippen MR) is 52.9 cm³/mol. The highest BCUT2D eigenvalue weighted by atomic mass is 32.1. The highest BCUT2D eigenvalue weighted by molar-refractivity contribution is 7.16. The van der Waals surface area contributed by atoms with Gasteiger partial charge in [-0.3, -0.25) is 4.79 Å². The van der Waals surface area contributed by atoms with E-state index < -0.39 is 11.6 Å². The first-order valence-electron chi connectivity index (χ1n) is 4.08. The molecule has 0 aliphatic carbocycles. The molecule has 2 nitrogen and oxygen atoms in total. The summed E-state index contributed by atoms with van der Waals surface area (Å²) in [5.41, 5.74) is -0.185. The summed E-state index contributed by atoms with van der Waals surface area (Å²) in [5, 5.41) is 0.174. The Morgan fingerprint density at radius 2 is 1.93 bits per heavy atom. The van der Waals surface area contributed by atoms with Gasteiger partial charge in [-0.1, -0.05) is 6.07 Å². The zero-order valence-corrected chi connectivity index (χ0v) is 8.22. The summed E-state index contributed by atoms with van der Waals surface area (Å²) in [6, 6.07) is 3.59. The van der Waals surface area contributed by atoms with Gasteiger partial charge >= 0.3 is 0 Å². The Bertz CT molecular complexity index is 490. The van der Waals surface area contributed by atoms with Crippen LogP contribution in [0, 0.1) is 11.6 Å². The number of carbonyl (C=O) groups is 1. The first kappa shape index (κ1) is 9.92. The third-order valence-electron chi connectivity index (χ3n) is 1.82. The number of rotatable bonds is 2. The number of hydrogen-bond acceptors (Lipinski definition) is 3. The van der Waals surface area contributed by atoms with Gasteiger partial charge in [-0.25, -0.2) is 13.8 Å². The van der Waals surface area contributed by atoms with Crippen molar-refractivity contribution in [1.29, 1.82) is 0 Å². The number of carbonyl (C=O) groups excluding carboxylic acids is 1. The van der Waals surface area contributed by atoms with Gasteiger partial charge in [-0.05, 0) is 12.1 Å². The van der Waals surface area contributed by atoms with Crippen LogP contribution in [-0.4, -0.2) is 11.3 Å². The van der Waals surface area contributed by atoms with E-state index in [1.54, 1.807) is 0 Å². The number of nitrogens with zero attached hydrogens (tertiary/aromatic N) is 1. The van der Waals surface area contributed by atoms with Crippen molar-refractivity contribution >= 4 is 17.6 Å². The van der Waals surface area contributed by atoms with Crippen molar-refractivity contribution in [3.8, 4) is 10.6 Å². The summed E-state index contributed by atoms with van der Waals surface area (Å²) in [4.78, 5) is 14.5. The molecule has 0 N–H and O–H groups in total. The molecule has 0 unspecified atom stereocenters. The third-order valence-corrected chi connectivity index (χ3v) is 2.76. The van der Waals surface area contributed by atoms with Gasteiger partial charge < -0.3 is 0 Å². The van der Waals surface area contributed by atoms with E-state index in [2.05, 4.69) is 4.98 Å². The Morgan fingerprint density at radius 3 is 2.47 bits per heavy atom. The van der Waals surface area contributed by atoms with Crippen LogP contribution in [-0.2, 0) is 0 Å². The molecule has 1 aromatic heterocycles. The second-order valence-corrected chi connectivity index (χ2v) is 3.84. The number of benzene rings is 1. The molecule has 15 heavy (non-hydrogen) atoms. The molecule has 0 saturated carbocycles. The second kappa shape index (κ2) is 3.86. The smallest absolute Gasteiger partial charge is 0.161 e. The van der Waals surface area contributed by atoms with Crippen LogP contribution in [0.15, 0.2) is 24.4 Å². The van der Waals surface area contributed by atoms with Crippen molar-refractivity contribution in [2.75, 3.05) is 0 Å². The Kier molecular flexibility index (Phi) is 2.55. The van der Waals surface area contributed by atoms with E-state index >= 15 is 0 Å². The average Bonchev–Trinajstić information content (AvgIpc) is 2.66. The van der Waals surface area contributed by atoms with E-state index in [9.17, 15) is 13.6 Å². The van der Waals surface area contributed by atoms with Crippen LogP contribution in [0.5, 0.6) is 0 Å². The van der Waals surface area contributed by atoms with Crippen LogP contribution < -0.4 is 0 Å². The zero-order valence-electron chi connectivity index (χ0n) is 7.41. The molecular formula is C10H5F2NOS. The van der Waals surface area contributed by atoms with Crippen molar-refractivity contribution in [2.24, 2.45) is 0 Å². The van der Waals surface area contributed by atoms with Crippen LogP contribution in [0.25, 0.3) is 10.6 Å². The number of hydrogen-bond donors (Lipinski definition) is 0. The molecule has 0 fully saturated rings. The molecule has 0 bridgehead atoms. The van der Waals surface area contributed by atoms with Gasteiger partial charge in [0, 0.05) is 6.20 Å². The van der Waals surface area contributed by atoms with Crippen LogP contribution in [0.2, 0.25) is 0 Å². The van der Waals surface area contributed by atoms with Crippen molar-refractivity contribution in [3.63, 3.8) is 0 Å². The minimum atomic E-state index is -0.679. The molecule has 1 heterocycles. The summed E-state index contributed by atoms with van der Waals surface area (Å²) in [7, 11) is 0. The topological polar surface area (TPSA) is 30.0 Å². The molecule has 2 aromatic rings. The van der Waals surface area contributed by atoms with Crippen molar-refractivity contribution in [2.45, 2.75) is 0 Å². The van der Waals surface area contributed by atoms with Crippen LogP contribution in [0.3, 0.4) is 0 Å². The summed E-state index contributed by atoms with van der Waals surface area (Å²) >= 11 is 0.955. The van der Waals surface area contributed by atoms with Gasteiger partial charge in [0.05, 0.1) is 10.4 Å². The standard InChI is InChI=1S/C10H5F2NOS/c11-7-2-1-3-8(12)9(7)10-13-4-6(5-14)15-10/h1-5H. The zero-order chi connectivity index (χ0) is 10.8. The number of thiazole rings is 1. The Morgan fingerprint density at radius 1 is 1.27 bits per heavy atom. The van der Waals surface area contributed by atoms with E-state index in [0.29, 0.717) is 11.2 Å². The van der Waals surface area contributed by atoms with Crippen molar-refractivity contribution < 1.29 is 13.6 Å². The fraction of sp³-hybridized carbons (Fsp3) is 0. The minimum absolute atomic E-state index is 0.174. The minimum Gasteiger partial charge on any atom is -0.297 e. The molecular weight excluding hydrogens is 220 g/mol. The monoisotopic (exact) mass is 225 g/mol. The number of aromatic nitrogens is 1. The molecule has 0 saturated heterocycles. The van der Waals surface area contributed by atoms with E-state index in [0.717, 1.165) is 23.5 Å². The van der Waals surface area contributed by atoms with Crippen LogP contribution in [0.4, 0.5) is 8.78 Å². The summed E-state index contributed by atoms with van der Waals surface area (Å²) in [6.07, 6.45) is 1.89. The van der Waals surface area contributed by atoms with Gasteiger partial charge in [0.2, 0.25) is 0 Å². The fourth-order valence-corrected chi connectivity index (χ4v) is 1.94. The number of aldehydes is 1. The van der Waals surface area contributed by atoms with E-state index in [-0.39, 0.29) is 10.6 Å². The molecule has 0 radical (unpaired) electrons. The molecule has 0 atom stereocenters. The van der Waals surface area contributed by atoms with E-state index in [1.165, 1.54) is 12.3 Å². The maximum absolute atomic E-state index is 13.3. The summed E-state index contributed by atoms with van der Waals surface area (Å²) < 4.78 is 26.6. The SMILES string of the molecule is O=Cc1cnc(-c2c(F)cccc2F)s1. The Labute approximate surface area is 88.2 Å². The fourth-order valence-electron chi connectivity index (χ4n) is 1.16. The Hall–Kier alpha value is -1.62. The molecule has 1 aromatic carbocycles. The summed E-state index contributed by atoms with van der Waals surface area (Å²) in [5.74, 6) is -1.36. The number of halogens is 2. The normalized spacial score (nSPS) is 10.3. The Balaban J connectivity index is 2.58. The highest BCUT2D eigenvalue weighted by Gasteiger charge is 2.14. The average molecular weight is 225 g/mol. The van der Waals surface area contributed by atoms with Gasteiger partial charge in [0.15, 0.2) is 6.29 Å². The molecule has 0 aliphatic rings. The molecule has 0 spiro atoms. The van der Waals surface area contributed by atoms with Crippen LogP contribution >= 0.6 is 11.3 Å². The van der Waals surface area contributed by atoms with Crippen molar-refractivity contribution in [1.82, 2.24) is 4.98 Å². The first-order valence-corrected chi connectivity index (χ1v) is 4.89. The molecule has 0 amide bonds. The van der Waals surface area contributed by atoms with Gasteiger partial charge in [-0.15, -0.1) is 11.3 Å². The largest absolute Gasteiger partial charge is 0.297 e. The maximum atomic E-state index is 13.3. The van der Waals surface area contributed by atoms with Gasteiger partial charge in [-0.2, -0.15) is 0 Å².